The molecule has 2 aliphatic carbocycles. The van der Waals surface area contributed by atoms with Crippen LogP contribution in [0.2, 0.25) is 0 Å². The molecule has 0 heterocycles. The molecule has 0 bridgehead atoms. The summed E-state index contributed by atoms with van der Waals surface area (Å²) >= 11 is 0. The number of hydrogen-bond donors (Lipinski definition) is 1. The van der Waals surface area contributed by atoms with Crippen LogP contribution in [0.15, 0.2) is 0 Å². The highest BCUT2D eigenvalue weighted by Gasteiger charge is 2.44. The van der Waals surface area contributed by atoms with Gasteiger partial charge in [-0.15, -0.1) is 0 Å². The van der Waals surface area contributed by atoms with Crippen LogP contribution < -0.4 is 0 Å². The Labute approximate surface area is 101 Å². The molecule has 1 nitrogen and oxygen atoms in total. The molecular formula is C15H28O. The van der Waals surface area contributed by atoms with Crippen LogP contribution in [0.25, 0.3) is 0 Å². The molecule has 0 aliphatic heterocycles. The van der Waals surface area contributed by atoms with Crippen LogP contribution in [0.4, 0.5) is 0 Å². The maximum Gasteiger partial charge on any atom is 0.0462 e. The zero-order valence-corrected chi connectivity index (χ0v) is 10.8. The number of aliphatic hydroxyl groups is 1. The average molecular weight is 224 g/mol. The molecule has 16 heavy (non-hydrogen) atoms. The summed E-state index contributed by atoms with van der Waals surface area (Å²) in [5.74, 6) is 3.71. The maximum atomic E-state index is 9.00. The molecule has 0 aromatic rings. The van der Waals surface area contributed by atoms with E-state index >= 15 is 0 Å². The summed E-state index contributed by atoms with van der Waals surface area (Å²) in [6.07, 6.45) is 12.9. The van der Waals surface area contributed by atoms with E-state index in [1.807, 2.05) is 0 Å². The molecule has 2 saturated carbocycles. The molecule has 0 spiro atoms. The lowest BCUT2D eigenvalue weighted by molar-refractivity contribution is 0.266. The number of rotatable bonds is 9. The summed E-state index contributed by atoms with van der Waals surface area (Å²) in [6, 6.07) is 0. The van der Waals surface area contributed by atoms with Crippen molar-refractivity contribution in [3.63, 3.8) is 0 Å². The molecule has 2 fully saturated rings. The lowest BCUT2D eigenvalue weighted by Crippen LogP contribution is -1.91. The molecule has 4 unspecified atom stereocenters. The number of hydrogen-bond acceptors (Lipinski definition) is 1. The fourth-order valence-electron chi connectivity index (χ4n) is 3.17. The van der Waals surface area contributed by atoms with Crippen LogP contribution in [0.1, 0.15) is 64.7 Å². The highest BCUT2D eigenvalue weighted by atomic mass is 16.3. The third kappa shape index (κ3) is 3.76. The smallest absolute Gasteiger partial charge is 0.0462 e. The molecule has 1 N–H and O–H groups in total. The van der Waals surface area contributed by atoms with E-state index < -0.39 is 0 Å². The van der Waals surface area contributed by atoms with Gasteiger partial charge >= 0.3 is 0 Å². The zero-order valence-electron chi connectivity index (χ0n) is 10.8. The number of unbranched alkanes of at least 4 members (excludes halogenated alkanes) is 4. The van der Waals surface area contributed by atoms with Crippen molar-refractivity contribution in [3.8, 4) is 0 Å². The maximum absolute atomic E-state index is 9.00. The van der Waals surface area contributed by atoms with Crippen molar-refractivity contribution in [1.82, 2.24) is 0 Å². The average Bonchev–Trinajstić information content (AvgIpc) is 3.18. The molecule has 1 heteroatoms. The van der Waals surface area contributed by atoms with Gasteiger partial charge in [-0.05, 0) is 42.9 Å². The van der Waals surface area contributed by atoms with Gasteiger partial charge < -0.3 is 5.11 Å². The van der Waals surface area contributed by atoms with E-state index in [1.54, 1.807) is 0 Å². The van der Waals surface area contributed by atoms with Crippen molar-refractivity contribution in [2.24, 2.45) is 23.7 Å². The normalized spacial score (nSPS) is 36.4. The van der Waals surface area contributed by atoms with Crippen molar-refractivity contribution >= 4 is 0 Å². The first-order valence-corrected chi connectivity index (χ1v) is 7.46. The van der Waals surface area contributed by atoms with Crippen molar-refractivity contribution in [2.45, 2.75) is 64.7 Å². The van der Waals surface area contributed by atoms with E-state index in [1.165, 1.54) is 57.8 Å². The van der Waals surface area contributed by atoms with E-state index in [0.29, 0.717) is 12.5 Å². The Morgan fingerprint density at radius 1 is 0.875 bits per heavy atom. The number of aliphatic hydroxyl groups excluding tert-OH is 1. The lowest BCUT2D eigenvalue weighted by atomic mass is 10.1. The Balaban J connectivity index is 1.42. The molecule has 0 radical (unpaired) electrons. The monoisotopic (exact) mass is 224 g/mol. The minimum Gasteiger partial charge on any atom is -0.396 e. The van der Waals surface area contributed by atoms with E-state index in [0.717, 1.165) is 17.8 Å². The van der Waals surface area contributed by atoms with Crippen LogP contribution in [0, 0.1) is 23.7 Å². The van der Waals surface area contributed by atoms with Gasteiger partial charge in [0.25, 0.3) is 0 Å². The second-order valence-electron chi connectivity index (χ2n) is 6.13. The minimum absolute atomic E-state index is 0.444. The van der Waals surface area contributed by atoms with Gasteiger partial charge in [-0.1, -0.05) is 45.4 Å². The Morgan fingerprint density at radius 2 is 1.56 bits per heavy atom. The highest BCUT2D eigenvalue weighted by molar-refractivity contribution is 4.94. The van der Waals surface area contributed by atoms with E-state index in [-0.39, 0.29) is 0 Å². The van der Waals surface area contributed by atoms with Gasteiger partial charge in [0, 0.05) is 6.61 Å². The summed E-state index contributed by atoms with van der Waals surface area (Å²) in [6.45, 7) is 2.73. The molecule has 2 aliphatic rings. The van der Waals surface area contributed by atoms with Crippen molar-refractivity contribution in [3.05, 3.63) is 0 Å². The van der Waals surface area contributed by atoms with Gasteiger partial charge in [0.05, 0.1) is 0 Å². The molecule has 0 saturated heterocycles. The largest absolute Gasteiger partial charge is 0.396 e. The van der Waals surface area contributed by atoms with Crippen molar-refractivity contribution < 1.29 is 5.11 Å². The standard InChI is InChI=1S/C15H28O/c1-2-3-4-5-6-7-12-8-13(12)9-14-10-15(14)11-16/h12-16H,2-11H2,1H3. The third-order valence-electron chi connectivity index (χ3n) is 4.66. The molecule has 4 atom stereocenters. The summed E-state index contributed by atoms with van der Waals surface area (Å²) in [5, 5.41) is 9.00. The summed E-state index contributed by atoms with van der Waals surface area (Å²) < 4.78 is 0. The zero-order chi connectivity index (χ0) is 11.4. The van der Waals surface area contributed by atoms with E-state index in [9.17, 15) is 0 Å². The minimum atomic E-state index is 0.444. The Kier molecular flexibility index (Phi) is 4.69. The summed E-state index contributed by atoms with van der Waals surface area (Å²) in [5.41, 5.74) is 0. The predicted octanol–water partition coefficient (Wildman–Crippen LogP) is 4.00. The molecular weight excluding hydrogens is 196 g/mol. The molecule has 2 rings (SSSR count). The van der Waals surface area contributed by atoms with Crippen LogP contribution in [-0.2, 0) is 0 Å². The first-order chi connectivity index (χ1) is 7.85. The SMILES string of the molecule is CCCCCCCC1CC1CC1CC1CO. The Bertz CT molecular complexity index is 202. The quantitative estimate of drug-likeness (QED) is 0.587. The predicted molar refractivity (Wildman–Crippen MR) is 68.3 cm³/mol. The summed E-state index contributed by atoms with van der Waals surface area (Å²) in [4.78, 5) is 0. The van der Waals surface area contributed by atoms with Gasteiger partial charge in [0.15, 0.2) is 0 Å². The van der Waals surface area contributed by atoms with Gasteiger partial charge in [-0.25, -0.2) is 0 Å². The molecule has 0 aromatic heterocycles. The van der Waals surface area contributed by atoms with Gasteiger partial charge in [-0.2, -0.15) is 0 Å². The fraction of sp³-hybridized carbons (Fsp3) is 1.00. The third-order valence-corrected chi connectivity index (χ3v) is 4.66. The fourth-order valence-corrected chi connectivity index (χ4v) is 3.17. The molecule has 0 aromatic carbocycles. The second-order valence-corrected chi connectivity index (χ2v) is 6.13. The van der Waals surface area contributed by atoms with Crippen LogP contribution >= 0.6 is 0 Å². The van der Waals surface area contributed by atoms with E-state index in [4.69, 9.17) is 5.11 Å². The molecule has 0 amide bonds. The Morgan fingerprint density at radius 3 is 2.25 bits per heavy atom. The first-order valence-electron chi connectivity index (χ1n) is 7.46. The first kappa shape index (κ1) is 12.4. The van der Waals surface area contributed by atoms with Crippen LogP contribution in [-0.4, -0.2) is 11.7 Å². The second kappa shape index (κ2) is 6.05. The van der Waals surface area contributed by atoms with Gasteiger partial charge in [0.2, 0.25) is 0 Å². The molecule has 94 valence electrons. The highest BCUT2D eigenvalue weighted by Crippen LogP contribution is 2.53. The van der Waals surface area contributed by atoms with Crippen molar-refractivity contribution in [2.75, 3.05) is 6.61 Å². The summed E-state index contributed by atoms with van der Waals surface area (Å²) in [7, 11) is 0. The topological polar surface area (TPSA) is 20.2 Å². The van der Waals surface area contributed by atoms with Gasteiger partial charge in [0.1, 0.15) is 0 Å². The van der Waals surface area contributed by atoms with Gasteiger partial charge in [-0.3, -0.25) is 0 Å². The van der Waals surface area contributed by atoms with Crippen LogP contribution in [0.3, 0.4) is 0 Å². The van der Waals surface area contributed by atoms with Crippen molar-refractivity contribution in [1.29, 1.82) is 0 Å². The van der Waals surface area contributed by atoms with E-state index in [2.05, 4.69) is 6.92 Å². The Hall–Kier alpha value is -0.0400. The van der Waals surface area contributed by atoms with Crippen LogP contribution in [0.5, 0.6) is 0 Å². The lowest BCUT2D eigenvalue weighted by Gasteiger charge is -2.00.